The smallest absolute Gasteiger partial charge is 0.223 e. The predicted octanol–water partition coefficient (Wildman–Crippen LogP) is 2.35. The van der Waals surface area contributed by atoms with Gasteiger partial charge in [-0.15, -0.1) is 0 Å². The van der Waals surface area contributed by atoms with E-state index in [9.17, 15) is 9.90 Å². The molecule has 2 unspecified atom stereocenters. The fourth-order valence-electron chi connectivity index (χ4n) is 2.80. The number of aliphatic hydroxyl groups excluding tert-OH is 1. The topological polar surface area (TPSA) is 58.6 Å². The maximum absolute atomic E-state index is 11.8. The van der Waals surface area contributed by atoms with Gasteiger partial charge in [-0.3, -0.25) is 4.79 Å². The van der Waals surface area contributed by atoms with E-state index in [1.54, 1.807) is 0 Å². The highest BCUT2D eigenvalue weighted by molar-refractivity contribution is 5.76. The number of aryl methyl sites for hydroxylation is 2. The molecule has 1 fully saturated rings. The third-order valence-corrected chi connectivity index (χ3v) is 4.02. The van der Waals surface area contributed by atoms with Crippen LogP contribution in [0.25, 0.3) is 0 Å². The van der Waals surface area contributed by atoms with Gasteiger partial charge in [-0.05, 0) is 50.7 Å². The van der Waals surface area contributed by atoms with Gasteiger partial charge in [0.15, 0.2) is 0 Å². The third kappa shape index (κ3) is 5.05. The molecule has 1 aliphatic rings. The van der Waals surface area contributed by atoms with E-state index in [2.05, 4.69) is 11.4 Å². The van der Waals surface area contributed by atoms with Gasteiger partial charge in [0.1, 0.15) is 5.75 Å². The molecule has 0 aromatic heterocycles. The van der Waals surface area contributed by atoms with Crippen molar-refractivity contribution < 1.29 is 14.6 Å². The van der Waals surface area contributed by atoms with Crippen molar-refractivity contribution in [3.05, 3.63) is 29.3 Å². The van der Waals surface area contributed by atoms with Crippen molar-refractivity contribution in [3.63, 3.8) is 0 Å². The van der Waals surface area contributed by atoms with Crippen molar-refractivity contribution in [2.75, 3.05) is 13.2 Å². The molecule has 1 aromatic rings. The molecule has 116 valence electrons. The van der Waals surface area contributed by atoms with Crippen LogP contribution in [0.3, 0.4) is 0 Å². The maximum atomic E-state index is 11.8. The number of rotatable bonds is 6. The van der Waals surface area contributed by atoms with Gasteiger partial charge in [0.2, 0.25) is 5.91 Å². The zero-order valence-corrected chi connectivity index (χ0v) is 12.9. The summed E-state index contributed by atoms with van der Waals surface area (Å²) in [5.74, 6) is 1.28. The molecule has 1 aliphatic carbocycles. The largest absolute Gasteiger partial charge is 0.493 e. The SMILES string of the molecule is Cc1ccc(OCCC(=O)NCC2CCC(O)C2)c(C)c1. The lowest BCUT2D eigenvalue weighted by Gasteiger charge is -2.12. The van der Waals surface area contributed by atoms with E-state index in [-0.39, 0.29) is 12.0 Å². The van der Waals surface area contributed by atoms with Crippen LogP contribution in [0.1, 0.15) is 36.8 Å². The van der Waals surface area contributed by atoms with E-state index in [1.807, 2.05) is 26.0 Å². The van der Waals surface area contributed by atoms with Crippen LogP contribution in [0.5, 0.6) is 5.75 Å². The summed E-state index contributed by atoms with van der Waals surface area (Å²) in [4.78, 5) is 11.8. The third-order valence-electron chi connectivity index (χ3n) is 4.02. The van der Waals surface area contributed by atoms with Crippen LogP contribution in [0.4, 0.5) is 0 Å². The summed E-state index contributed by atoms with van der Waals surface area (Å²) in [7, 11) is 0. The molecule has 2 N–H and O–H groups in total. The molecule has 0 saturated heterocycles. The Morgan fingerprint density at radius 3 is 2.86 bits per heavy atom. The lowest BCUT2D eigenvalue weighted by atomic mass is 10.1. The van der Waals surface area contributed by atoms with E-state index < -0.39 is 0 Å². The average molecular weight is 291 g/mol. The van der Waals surface area contributed by atoms with Gasteiger partial charge < -0.3 is 15.2 Å². The fourth-order valence-corrected chi connectivity index (χ4v) is 2.80. The number of hydrogen-bond donors (Lipinski definition) is 2. The molecule has 0 aliphatic heterocycles. The molecule has 0 heterocycles. The minimum Gasteiger partial charge on any atom is -0.493 e. The summed E-state index contributed by atoms with van der Waals surface area (Å²) in [6, 6.07) is 6.02. The van der Waals surface area contributed by atoms with Crippen LogP contribution < -0.4 is 10.1 Å². The van der Waals surface area contributed by atoms with E-state index in [0.29, 0.717) is 25.5 Å². The van der Waals surface area contributed by atoms with Gasteiger partial charge in [0.05, 0.1) is 19.1 Å². The van der Waals surface area contributed by atoms with E-state index in [4.69, 9.17) is 4.74 Å². The van der Waals surface area contributed by atoms with Crippen LogP contribution in [-0.2, 0) is 4.79 Å². The molecule has 0 spiro atoms. The molecule has 0 radical (unpaired) electrons. The first-order valence-corrected chi connectivity index (χ1v) is 7.69. The van der Waals surface area contributed by atoms with Crippen LogP contribution in [0.15, 0.2) is 18.2 Å². The number of carbonyl (C=O) groups is 1. The Labute approximate surface area is 126 Å². The first-order valence-electron chi connectivity index (χ1n) is 7.69. The lowest BCUT2D eigenvalue weighted by Crippen LogP contribution is -2.29. The molecule has 1 aromatic carbocycles. The van der Waals surface area contributed by atoms with Crippen LogP contribution in [-0.4, -0.2) is 30.3 Å². The highest BCUT2D eigenvalue weighted by Gasteiger charge is 2.22. The van der Waals surface area contributed by atoms with E-state index in [0.717, 1.165) is 30.6 Å². The van der Waals surface area contributed by atoms with Gasteiger partial charge in [-0.25, -0.2) is 0 Å². The second-order valence-corrected chi connectivity index (χ2v) is 6.00. The zero-order valence-electron chi connectivity index (χ0n) is 12.9. The molecule has 2 rings (SSSR count). The molecule has 1 saturated carbocycles. The van der Waals surface area contributed by atoms with Crippen molar-refractivity contribution >= 4 is 5.91 Å². The number of aliphatic hydroxyl groups is 1. The summed E-state index contributed by atoms with van der Waals surface area (Å²) < 4.78 is 5.65. The summed E-state index contributed by atoms with van der Waals surface area (Å²) in [6.45, 7) is 5.11. The zero-order chi connectivity index (χ0) is 15.2. The first-order chi connectivity index (χ1) is 10.0. The summed E-state index contributed by atoms with van der Waals surface area (Å²) in [6.07, 6.45) is 2.85. The van der Waals surface area contributed by atoms with Crippen molar-refractivity contribution in [3.8, 4) is 5.75 Å². The average Bonchev–Trinajstić information content (AvgIpc) is 2.85. The summed E-state index contributed by atoms with van der Waals surface area (Å²) in [5, 5.41) is 12.4. The number of hydrogen-bond acceptors (Lipinski definition) is 3. The molecule has 0 bridgehead atoms. The van der Waals surface area contributed by atoms with Crippen molar-refractivity contribution in [2.24, 2.45) is 5.92 Å². The van der Waals surface area contributed by atoms with Crippen molar-refractivity contribution in [1.82, 2.24) is 5.32 Å². The van der Waals surface area contributed by atoms with Crippen LogP contribution in [0.2, 0.25) is 0 Å². The predicted molar refractivity (Wildman–Crippen MR) is 82.4 cm³/mol. The molecule has 21 heavy (non-hydrogen) atoms. The standard InChI is InChI=1S/C17H25NO3/c1-12-3-6-16(13(2)9-12)21-8-7-17(20)18-11-14-4-5-15(19)10-14/h3,6,9,14-15,19H,4-5,7-8,10-11H2,1-2H3,(H,18,20). The summed E-state index contributed by atoms with van der Waals surface area (Å²) in [5.41, 5.74) is 2.30. The molecular formula is C17H25NO3. The minimum atomic E-state index is -0.181. The second kappa shape index (κ2) is 7.46. The number of amides is 1. The van der Waals surface area contributed by atoms with Gasteiger partial charge >= 0.3 is 0 Å². The van der Waals surface area contributed by atoms with E-state index in [1.165, 1.54) is 5.56 Å². The Morgan fingerprint density at radius 2 is 2.19 bits per heavy atom. The van der Waals surface area contributed by atoms with Crippen LogP contribution >= 0.6 is 0 Å². The number of ether oxygens (including phenoxy) is 1. The Balaban J connectivity index is 1.65. The van der Waals surface area contributed by atoms with Gasteiger partial charge in [0, 0.05) is 6.54 Å². The highest BCUT2D eigenvalue weighted by Crippen LogP contribution is 2.24. The molecule has 1 amide bonds. The van der Waals surface area contributed by atoms with Gasteiger partial charge in [-0.2, -0.15) is 0 Å². The fraction of sp³-hybridized carbons (Fsp3) is 0.588. The Morgan fingerprint density at radius 1 is 1.38 bits per heavy atom. The normalized spacial score (nSPS) is 21.3. The highest BCUT2D eigenvalue weighted by atomic mass is 16.5. The molecular weight excluding hydrogens is 266 g/mol. The number of benzene rings is 1. The lowest BCUT2D eigenvalue weighted by molar-refractivity contribution is -0.121. The summed E-state index contributed by atoms with van der Waals surface area (Å²) >= 11 is 0. The van der Waals surface area contributed by atoms with Gasteiger partial charge in [0.25, 0.3) is 0 Å². The first kappa shape index (κ1) is 15.8. The van der Waals surface area contributed by atoms with Crippen molar-refractivity contribution in [2.45, 2.75) is 45.6 Å². The van der Waals surface area contributed by atoms with Crippen molar-refractivity contribution in [1.29, 1.82) is 0 Å². The van der Waals surface area contributed by atoms with Crippen LogP contribution in [0, 0.1) is 19.8 Å². The Bertz CT molecular complexity index is 487. The Kier molecular flexibility index (Phi) is 5.62. The molecule has 4 nitrogen and oxygen atoms in total. The number of nitrogens with one attached hydrogen (secondary N) is 1. The Hall–Kier alpha value is -1.55. The second-order valence-electron chi connectivity index (χ2n) is 6.00. The minimum absolute atomic E-state index is 0.0150. The maximum Gasteiger partial charge on any atom is 0.223 e. The number of carbonyl (C=O) groups excluding carboxylic acids is 1. The monoisotopic (exact) mass is 291 g/mol. The van der Waals surface area contributed by atoms with E-state index >= 15 is 0 Å². The molecule has 2 atom stereocenters. The quantitative estimate of drug-likeness (QED) is 0.846. The van der Waals surface area contributed by atoms with Gasteiger partial charge in [-0.1, -0.05) is 17.7 Å². The molecule has 4 heteroatoms.